The van der Waals surface area contributed by atoms with Crippen LogP contribution in [-0.2, 0) is 9.47 Å². The van der Waals surface area contributed by atoms with E-state index in [-0.39, 0.29) is 0 Å². The van der Waals surface area contributed by atoms with Crippen molar-refractivity contribution in [3.05, 3.63) is 0 Å². The van der Waals surface area contributed by atoms with E-state index in [4.69, 9.17) is 9.47 Å². The molecule has 1 aliphatic heterocycles. The summed E-state index contributed by atoms with van der Waals surface area (Å²) in [5, 5.41) is 13.3. The molecule has 0 saturated carbocycles. The summed E-state index contributed by atoms with van der Waals surface area (Å²) in [6, 6.07) is 0. The van der Waals surface area contributed by atoms with E-state index in [2.05, 4.69) is 12.2 Å². The van der Waals surface area contributed by atoms with Crippen molar-refractivity contribution in [3.63, 3.8) is 0 Å². The number of aliphatic hydroxyl groups is 1. The Kier molecular flexibility index (Phi) is 6.17. The third kappa shape index (κ3) is 5.47. The van der Waals surface area contributed by atoms with Gasteiger partial charge in [-0.3, -0.25) is 0 Å². The molecule has 4 heteroatoms. The molecule has 4 nitrogen and oxygen atoms in total. The average molecular weight is 217 g/mol. The highest BCUT2D eigenvalue weighted by Crippen LogP contribution is 2.17. The molecule has 0 unspecified atom stereocenters. The Labute approximate surface area is 92.0 Å². The lowest BCUT2D eigenvalue weighted by atomic mass is 9.94. The van der Waals surface area contributed by atoms with Crippen molar-refractivity contribution in [1.29, 1.82) is 0 Å². The van der Waals surface area contributed by atoms with Gasteiger partial charge in [-0.2, -0.15) is 0 Å². The van der Waals surface area contributed by atoms with Crippen molar-refractivity contribution < 1.29 is 14.6 Å². The Morgan fingerprint density at radius 2 is 1.80 bits per heavy atom. The van der Waals surface area contributed by atoms with E-state index in [1.807, 2.05) is 0 Å². The number of nitrogens with one attached hydrogen (secondary N) is 1. The number of ether oxygens (including phenoxy) is 2. The molecule has 0 aliphatic carbocycles. The fraction of sp³-hybridized carbons (Fsp3) is 1.00. The summed E-state index contributed by atoms with van der Waals surface area (Å²) in [7, 11) is 0. The second kappa shape index (κ2) is 7.17. The quantitative estimate of drug-likeness (QED) is 0.611. The molecule has 0 spiro atoms. The maximum Gasteiger partial charge on any atom is 0.0904 e. The zero-order valence-electron chi connectivity index (χ0n) is 9.63. The molecule has 1 rings (SSSR count). The molecule has 1 fully saturated rings. The van der Waals surface area contributed by atoms with Gasteiger partial charge in [0.1, 0.15) is 0 Å². The van der Waals surface area contributed by atoms with Crippen molar-refractivity contribution in [1.82, 2.24) is 5.32 Å². The summed E-state index contributed by atoms with van der Waals surface area (Å²) in [4.78, 5) is 0. The molecule has 90 valence electrons. The number of hydrogen-bond acceptors (Lipinski definition) is 4. The first-order valence-corrected chi connectivity index (χ1v) is 5.85. The van der Waals surface area contributed by atoms with Crippen LogP contribution in [0.25, 0.3) is 0 Å². The molecular formula is C11H23NO3. The molecule has 0 aromatic heterocycles. The van der Waals surface area contributed by atoms with Gasteiger partial charge in [0.2, 0.25) is 0 Å². The first kappa shape index (κ1) is 12.9. The highest BCUT2D eigenvalue weighted by molar-refractivity contribution is 4.83. The summed E-state index contributed by atoms with van der Waals surface area (Å²) >= 11 is 0. The predicted octanol–water partition coefficient (Wildman–Crippen LogP) is 0.544. The van der Waals surface area contributed by atoms with Gasteiger partial charge in [-0.15, -0.1) is 0 Å². The fourth-order valence-electron chi connectivity index (χ4n) is 1.66. The van der Waals surface area contributed by atoms with Crippen LogP contribution >= 0.6 is 0 Å². The molecule has 0 aromatic rings. The molecule has 1 saturated heterocycles. The van der Waals surface area contributed by atoms with Gasteiger partial charge >= 0.3 is 0 Å². The van der Waals surface area contributed by atoms with Crippen molar-refractivity contribution in [2.75, 3.05) is 39.5 Å². The highest BCUT2D eigenvalue weighted by Gasteiger charge is 2.28. The van der Waals surface area contributed by atoms with Gasteiger partial charge < -0.3 is 19.9 Å². The first-order chi connectivity index (χ1) is 7.27. The van der Waals surface area contributed by atoms with Crippen LogP contribution in [0.5, 0.6) is 0 Å². The van der Waals surface area contributed by atoms with Crippen LogP contribution in [0.4, 0.5) is 0 Å². The van der Waals surface area contributed by atoms with E-state index in [9.17, 15) is 5.11 Å². The molecule has 0 atom stereocenters. The summed E-state index contributed by atoms with van der Waals surface area (Å²) in [6.45, 7) is 6.27. The van der Waals surface area contributed by atoms with E-state index in [1.54, 1.807) is 0 Å². The largest absolute Gasteiger partial charge is 0.387 e. The molecule has 1 aliphatic rings. The maximum absolute atomic E-state index is 10.1. The summed E-state index contributed by atoms with van der Waals surface area (Å²) in [6.07, 6.45) is 2.60. The second-order valence-electron chi connectivity index (χ2n) is 4.14. The Morgan fingerprint density at radius 1 is 1.13 bits per heavy atom. The molecular weight excluding hydrogens is 194 g/mol. The third-order valence-corrected chi connectivity index (χ3v) is 2.63. The van der Waals surface area contributed by atoms with Crippen molar-refractivity contribution in [2.45, 2.75) is 31.8 Å². The molecule has 1 heterocycles. The van der Waals surface area contributed by atoms with Gasteiger partial charge in [0, 0.05) is 6.61 Å². The van der Waals surface area contributed by atoms with Crippen molar-refractivity contribution in [2.24, 2.45) is 0 Å². The standard InChI is InChI=1S/C11H23NO3/c1-2-7-14-8-9-15-10-11(13)3-5-12-6-4-11/h12-13H,2-10H2,1H3. The van der Waals surface area contributed by atoms with Crippen molar-refractivity contribution >= 4 is 0 Å². The zero-order valence-corrected chi connectivity index (χ0v) is 9.63. The molecule has 0 amide bonds. The van der Waals surface area contributed by atoms with E-state index in [0.29, 0.717) is 19.8 Å². The summed E-state index contributed by atoms with van der Waals surface area (Å²) < 4.78 is 10.7. The monoisotopic (exact) mass is 217 g/mol. The molecule has 0 radical (unpaired) electrons. The van der Waals surface area contributed by atoms with Crippen LogP contribution in [-0.4, -0.2) is 50.2 Å². The lowest BCUT2D eigenvalue weighted by molar-refractivity contribution is -0.0733. The smallest absolute Gasteiger partial charge is 0.0904 e. The SMILES string of the molecule is CCCOCCOCC1(O)CCNCC1. The van der Waals surface area contributed by atoms with E-state index >= 15 is 0 Å². The second-order valence-corrected chi connectivity index (χ2v) is 4.14. The van der Waals surface area contributed by atoms with Gasteiger partial charge in [0.05, 0.1) is 25.4 Å². The molecule has 2 N–H and O–H groups in total. The predicted molar refractivity (Wildman–Crippen MR) is 59.0 cm³/mol. The van der Waals surface area contributed by atoms with Gasteiger partial charge in [-0.1, -0.05) is 6.92 Å². The topological polar surface area (TPSA) is 50.7 Å². The Hall–Kier alpha value is -0.160. The van der Waals surface area contributed by atoms with Gasteiger partial charge in [0.15, 0.2) is 0 Å². The molecule has 0 bridgehead atoms. The van der Waals surface area contributed by atoms with Gasteiger partial charge in [0.25, 0.3) is 0 Å². The van der Waals surface area contributed by atoms with E-state index in [1.165, 1.54) is 0 Å². The minimum absolute atomic E-state index is 0.435. The number of hydrogen-bond donors (Lipinski definition) is 2. The van der Waals surface area contributed by atoms with Crippen LogP contribution in [0, 0.1) is 0 Å². The minimum atomic E-state index is -0.615. The Morgan fingerprint density at radius 3 is 2.47 bits per heavy atom. The average Bonchev–Trinajstić information content (AvgIpc) is 2.24. The van der Waals surface area contributed by atoms with Crippen LogP contribution in [0.1, 0.15) is 26.2 Å². The summed E-state index contributed by atoms with van der Waals surface area (Å²) in [5.41, 5.74) is -0.615. The molecule has 15 heavy (non-hydrogen) atoms. The van der Waals surface area contributed by atoms with Crippen LogP contribution in [0.2, 0.25) is 0 Å². The molecule has 0 aromatic carbocycles. The van der Waals surface area contributed by atoms with Crippen molar-refractivity contribution in [3.8, 4) is 0 Å². The van der Waals surface area contributed by atoms with E-state index in [0.717, 1.165) is 39.0 Å². The third-order valence-electron chi connectivity index (χ3n) is 2.63. The zero-order chi connectivity index (χ0) is 11.0. The Balaban J connectivity index is 1.98. The van der Waals surface area contributed by atoms with Crippen LogP contribution in [0.3, 0.4) is 0 Å². The maximum atomic E-state index is 10.1. The van der Waals surface area contributed by atoms with Crippen LogP contribution < -0.4 is 5.32 Å². The lowest BCUT2D eigenvalue weighted by Gasteiger charge is -2.32. The minimum Gasteiger partial charge on any atom is -0.387 e. The number of piperidine rings is 1. The van der Waals surface area contributed by atoms with Crippen LogP contribution in [0.15, 0.2) is 0 Å². The highest BCUT2D eigenvalue weighted by atomic mass is 16.5. The first-order valence-electron chi connectivity index (χ1n) is 5.85. The number of rotatable bonds is 7. The summed E-state index contributed by atoms with van der Waals surface area (Å²) in [5.74, 6) is 0. The lowest BCUT2D eigenvalue weighted by Crippen LogP contribution is -2.45. The van der Waals surface area contributed by atoms with E-state index < -0.39 is 5.60 Å². The van der Waals surface area contributed by atoms with Gasteiger partial charge in [-0.05, 0) is 32.4 Å². The Bertz CT molecular complexity index is 158. The van der Waals surface area contributed by atoms with Gasteiger partial charge in [-0.25, -0.2) is 0 Å². The normalized spacial score (nSPS) is 20.4. The fourth-order valence-corrected chi connectivity index (χ4v) is 1.66.